The van der Waals surface area contributed by atoms with E-state index in [0.29, 0.717) is 0 Å². The summed E-state index contributed by atoms with van der Waals surface area (Å²) in [6.45, 7) is 6.05. The summed E-state index contributed by atoms with van der Waals surface area (Å²) < 4.78 is 0. The maximum Gasteiger partial charge on any atom is -0.0200 e. The van der Waals surface area contributed by atoms with Gasteiger partial charge >= 0.3 is 0 Å². The molecule has 0 saturated heterocycles. The molecule has 18 heavy (non-hydrogen) atoms. The Bertz CT molecular complexity index is 338. The van der Waals surface area contributed by atoms with Crippen molar-refractivity contribution in [1.29, 1.82) is 0 Å². The summed E-state index contributed by atoms with van der Waals surface area (Å²) in [4.78, 5) is 0. The molecule has 0 heteroatoms. The van der Waals surface area contributed by atoms with E-state index in [1.54, 1.807) is 5.57 Å². The maximum absolute atomic E-state index is 3.86. The van der Waals surface area contributed by atoms with Gasteiger partial charge in [0.25, 0.3) is 0 Å². The summed E-state index contributed by atoms with van der Waals surface area (Å²) in [6.07, 6.45) is 16.4. The van der Waals surface area contributed by atoms with Crippen LogP contribution < -0.4 is 0 Å². The van der Waals surface area contributed by atoms with Crippen LogP contribution in [0.3, 0.4) is 0 Å². The van der Waals surface area contributed by atoms with Crippen molar-refractivity contribution in [2.45, 2.75) is 58.3 Å². The van der Waals surface area contributed by atoms with Crippen molar-refractivity contribution in [2.24, 2.45) is 29.6 Å². The van der Waals surface area contributed by atoms with Crippen LogP contribution in [0.2, 0.25) is 0 Å². The van der Waals surface area contributed by atoms with E-state index in [9.17, 15) is 0 Å². The number of rotatable bonds is 1. The van der Waals surface area contributed by atoms with Crippen LogP contribution in [0.5, 0.6) is 0 Å². The molecule has 0 N–H and O–H groups in total. The summed E-state index contributed by atoms with van der Waals surface area (Å²) in [5.41, 5.74) is 1.76. The molecule has 4 saturated carbocycles. The maximum atomic E-state index is 3.86. The van der Waals surface area contributed by atoms with Crippen LogP contribution in [0, 0.1) is 29.6 Å². The minimum atomic E-state index is 0.892. The molecule has 0 aliphatic heterocycles. The molecule has 0 aromatic rings. The second-order valence-corrected chi connectivity index (χ2v) is 7.02. The van der Waals surface area contributed by atoms with Crippen LogP contribution in [0.25, 0.3) is 0 Å². The molecule has 5 unspecified atom stereocenters. The van der Waals surface area contributed by atoms with E-state index in [0.717, 1.165) is 29.6 Å². The van der Waals surface area contributed by atoms with E-state index in [2.05, 4.69) is 25.7 Å². The van der Waals surface area contributed by atoms with Crippen molar-refractivity contribution in [3.63, 3.8) is 0 Å². The lowest BCUT2D eigenvalue weighted by Crippen LogP contribution is -2.06. The molecule has 4 aliphatic carbocycles. The van der Waals surface area contributed by atoms with Crippen molar-refractivity contribution >= 4 is 0 Å². The Balaban J connectivity index is 0.000000111. The van der Waals surface area contributed by atoms with Gasteiger partial charge in [-0.25, -0.2) is 0 Å². The average Bonchev–Trinajstić information content (AvgIpc) is 3.17. The lowest BCUT2D eigenvalue weighted by Gasteiger charge is -2.16. The minimum absolute atomic E-state index is 0.892. The van der Waals surface area contributed by atoms with Crippen LogP contribution in [0.15, 0.2) is 24.3 Å². The summed E-state index contributed by atoms with van der Waals surface area (Å²) in [5, 5.41) is 0. The number of hydrogen-bond acceptors (Lipinski definition) is 0. The van der Waals surface area contributed by atoms with Gasteiger partial charge in [-0.3, -0.25) is 0 Å². The molecular formula is C18H28. The zero-order valence-corrected chi connectivity index (χ0v) is 11.9. The number of fused-ring (bicyclic) bond motifs is 4. The number of allylic oxidation sites excluding steroid dienone is 3. The van der Waals surface area contributed by atoms with Crippen molar-refractivity contribution in [2.75, 3.05) is 0 Å². The van der Waals surface area contributed by atoms with Crippen LogP contribution >= 0.6 is 0 Å². The summed E-state index contributed by atoms with van der Waals surface area (Å²) in [5.74, 6) is 5.11. The van der Waals surface area contributed by atoms with Gasteiger partial charge in [-0.15, -0.1) is 6.58 Å². The lowest BCUT2D eigenvalue weighted by atomic mass is 9.89. The molecule has 4 aliphatic rings. The van der Waals surface area contributed by atoms with E-state index in [1.165, 1.54) is 51.4 Å². The molecule has 100 valence electrons. The second kappa shape index (κ2) is 5.23. The van der Waals surface area contributed by atoms with Crippen molar-refractivity contribution in [3.8, 4) is 0 Å². The molecule has 4 bridgehead atoms. The van der Waals surface area contributed by atoms with E-state index >= 15 is 0 Å². The first-order chi connectivity index (χ1) is 8.80. The second-order valence-electron chi connectivity index (χ2n) is 7.02. The molecule has 0 heterocycles. The highest BCUT2D eigenvalue weighted by molar-refractivity contribution is 5.15. The van der Waals surface area contributed by atoms with E-state index in [1.807, 2.05) is 0 Å². The predicted molar refractivity (Wildman–Crippen MR) is 78.3 cm³/mol. The highest BCUT2D eigenvalue weighted by Crippen LogP contribution is 2.48. The quantitative estimate of drug-likeness (QED) is 0.545. The average molecular weight is 244 g/mol. The van der Waals surface area contributed by atoms with Crippen molar-refractivity contribution in [3.05, 3.63) is 24.3 Å². The third-order valence-electron chi connectivity index (χ3n) is 6.06. The largest absolute Gasteiger partial charge is 0.103 e. The third-order valence-corrected chi connectivity index (χ3v) is 6.06. The van der Waals surface area contributed by atoms with Crippen LogP contribution in [-0.2, 0) is 0 Å². The van der Waals surface area contributed by atoms with Gasteiger partial charge in [0.15, 0.2) is 0 Å². The molecule has 4 rings (SSSR count). The molecule has 5 atom stereocenters. The zero-order chi connectivity index (χ0) is 12.5. The Labute approximate surface area is 113 Å². The highest BCUT2D eigenvalue weighted by Gasteiger charge is 2.37. The fraction of sp³-hybridized carbons (Fsp3) is 0.778. The van der Waals surface area contributed by atoms with Crippen molar-refractivity contribution < 1.29 is 0 Å². The Morgan fingerprint density at radius 3 is 2.17 bits per heavy atom. The normalized spacial score (nSPS) is 46.3. The van der Waals surface area contributed by atoms with E-state index in [-0.39, 0.29) is 0 Å². The van der Waals surface area contributed by atoms with Crippen LogP contribution in [0.1, 0.15) is 58.3 Å². The topological polar surface area (TPSA) is 0 Å². The molecule has 0 spiro atoms. The zero-order valence-electron chi connectivity index (χ0n) is 11.9. The molecule has 0 aromatic heterocycles. The standard InChI is InChI=1S/2C9H14/c2*1-2-8-5-7-3-4-9(8)6-7/h2,7,9H,3-6H2,1H3;2,7-9H,1,3-6H2/b8-2-;. The Morgan fingerprint density at radius 1 is 1.00 bits per heavy atom. The first-order valence-electron chi connectivity index (χ1n) is 8.07. The van der Waals surface area contributed by atoms with Gasteiger partial charge in [0.1, 0.15) is 0 Å². The molecule has 4 fully saturated rings. The summed E-state index contributed by atoms with van der Waals surface area (Å²) >= 11 is 0. The highest BCUT2D eigenvalue weighted by atomic mass is 14.4. The van der Waals surface area contributed by atoms with E-state index < -0.39 is 0 Å². The Morgan fingerprint density at radius 2 is 1.83 bits per heavy atom. The molecule has 0 aromatic carbocycles. The van der Waals surface area contributed by atoms with Gasteiger partial charge in [0.05, 0.1) is 0 Å². The third kappa shape index (κ3) is 2.31. The minimum Gasteiger partial charge on any atom is -0.103 e. The van der Waals surface area contributed by atoms with E-state index in [4.69, 9.17) is 0 Å². The lowest BCUT2D eigenvalue weighted by molar-refractivity contribution is 0.395. The van der Waals surface area contributed by atoms with Gasteiger partial charge in [0, 0.05) is 0 Å². The van der Waals surface area contributed by atoms with Gasteiger partial charge in [-0.2, -0.15) is 0 Å². The summed E-state index contributed by atoms with van der Waals surface area (Å²) in [6, 6.07) is 0. The van der Waals surface area contributed by atoms with Gasteiger partial charge in [-0.1, -0.05) is 24.1 Å². The van der Waals surface area contributed by atoms with Gasteiger partial charge in [-0.05, 0) is 81.5 Å². The Kier molecular flexibility index (Phi) is 3.63. The fourth-order valence-electron chi connectivity index (χ4n) is 5.03. The molecular weight excluding hydrogens is 216 g/mol. The first-order valence-corrected chi connectivity index (χ1v) is 8.07. The van der Waals surface area contributed by atoms with Gasteiger partial charge in [0.2, 0.25) is 0 Å². The van der Waals surface area contributed by atoms with Crippen LogP contribution in [0.4, 0.5) is 0 Å². The predicted octanol–water partition coefficient (Wildman–Crippen LogP) is 5.36. The van der Waals surface area contributed by atoms with Gasteiger partial charge < -0.3 is 0 Å². The summed E-state index contributed by atoms with van der Waals surface area (Å²) in [7, 11) is 0. The molecule has 0 radical (unpaired) electrons. The smallest absolute Gasteiger partial charge is 0.0200 e. The van der Waals surface area contributed by atoms with Crippen LogP contribution in [-0.4, -0.2) is 0 Å². The van der Waals surface area contributed by atoms with Crippen molar-refractivity contribution in [1.82, 2.24) is 0 Å². The number of hydrogen-bond donors (Lipinski definition) is 0. The Hall–Kier alpha value is -0.520. The monoisotopic (exact) mass is 244 g/mol. The molecule has 0 amide bonds. The SMILES string of the molecule is C/C=C1/CC2CCC1C2.C=CC1CC2CCC1C2. The fourth-order valence-corrected chi connectivity index (χ4v) is 5.03. The first kappa shape index (κ1) is 12.5. The molecule has 0 nitrogen and oxygen atoms in total.